The van der Waals surface area contributed by atoms with Crippen molar-refractivity contribution in [1.82, 2.24) is 4.31 Å². The lowest BCUT2D eigenvalue weighted by Crippen LogP contribution is -2.46. The highest BCUT2D eigenvalue weighted by Gasteiger charge is 2.32. The molecule has 21 heavy (non-hydrogen) atoms. The lowest BCUT2D eigenvalue weighted by molar-refractivity contribution is 0.0126. The molecule has 0 saturated carbocycles. The molecule has 1 heterocycles. The topological polar surface area (TPSA) is 83.6 Å². The lowest BCUT2D eigenvalue weighted by atomic mass is 9.95. The second kappa shape index (κ2) is 6.56. The van der Waals surface area contributed by atoms with E-state index in [1.165, 1.54) is 16.1 Å². The van der Waals surface area contributed by atoms with Crippen LogP contribution >= 0.6 is 11.8 Å². The normalized spacial score (nSPS) is 19.5. The van der Waals surface area contributed by atoms with Gasteiger partial charge in [-0.2, -0.15) is 0 Å². The molecule has 1 fully saturated rings. The molecule has 0 aromatic heterocycles. The second-order valence-corrected chi connectivity index (χ2v) is 8.82. The van der Waals surface area contributed by atoms with Crippen LogP contribution in [0.4, 0.5) is 5.69 Å². The average molecular weight is 330 g/mol. The Morgan fingerprint density at radius 3 is 2.57 bits per heavy atom. The number of piperidine rings is 1. The number of rotatable bonds is 5. The van der Waals surface area contributed by atoms with E-state index in [0.717, 1.165) is 4.90 Å². The third-order valence-corrected chi connectivity index (χ3v) is 6.93. The minimum Gasteiger partial charge on any atom is -0.398 e. The van der Waals surface area contributed by atoms with Gasteiger partial charge in [0.15, 0.2) is 0 Å². The third kappa shape index (κ3) is 4.60. The van der Waals surface area contributed by atoms with E-state index in [4.69, 9.17) is 5.73 Å². The largest absolute Gasteiger partial charge is 0.398 e. The predicted octanol–water partition coefficient (Wildman–Crippen LogP) is 1.54. The minimum absolute atomic E-state index is 0.0914. The lowest BCUT2D eigenvalue weighted by Gasteiger charge is -2.34. The number of benzene rings is 1. The van der Waals surface area contributed by atoms with Crippen molar-refractivity contribution in [3.05, 3.63) is 24.3 Å². The first-order valence-corrected chi connectivity index (χ1v) is 9.57. The quantitative estimate of drug-likeness (QED) is 0.632. The summed E-state index contributed by atoms with van der Waals surface area (Å²) in [6.07, 6.45) is 0.982. The van der Waals surface area contributed by atoms with Crippen LogP contribution in [0.2, 0.25) is 0 Å². The maximum atomic E-state index is 12.3. The van der Waals surface area contributed by atoms with Crippen molar-refractivity contribution in [1.29, 1.82) is 0 Å². The van der Waals surface area contributed by atoms with Gasteiger partial charge in [-0.3, -0.25) is 0 Å². The van der Waals surface area contributed by atoms with Crippen molar-refractivity contribution in [3.63, 3.8) is 0 Å². The Labute approximate surface area is 130 Å². The highest BCUT2D eigenvalue weighted by Crippen LogP contribution is 2.26. The molecule has 7 heteroatoms. The minimum atomic E-state index is -3.26. The van der Waals surface area contributed by atoms with Gasteiger partial charge in [0, 0.05) is 29.4 Å². The Balaban J connectivity index is 1.86. The number of anilines is 1. The van der Waals surface area contributed by atoms with E-state index in [0.29, 0.717) is 37.4 Å². The van der Waals surface area contributed by atoms with Gasteiger partial charge in [0.05, 0.1) is 11.4 Å². The van der Waals surface area contributed by atoms with Crippen LogP contribution in [-0.4, -0.2) is 48.0 Å². The van der Waals surface area contributed by atoms with Crippen LogP contribution in [0.1, 0.15) is 19.8 Å². The van der Waals surface area contributed by atoms with Gasteiger partial charge in [0.25, 0.3) is 0 Å². The van der Waals surface area contributed by atoms with Crippen LogP contribution in [0.5, 0.6) is 0 Å². The van der Waals surface area contributed by atoms with Crippen LogP contribution in [-0.2, 0) is 10.0 Å². The van der Waals surface area contributed by atoms with E-state index in [-0.39, 0.29) is 5.75 Å². The van der Waals surface area contributed by atoms with Crippen molar-refractivity contribution in [2.75, 3.05) is 30.3 Å². The maximum Gasteiger partial charge on any atom is 0.214 e. The zero-order valence-corrected chi connectivity index (χ0v) is 13.8. The molecule has 0 aliphatic carbocycles. The first-order valence-electron chi connectivity index (χ1n) is 6.98. The standard InChI is InChI=1S/C14H22N2O3S2/c1-14(17)6-8-16(9-7-14)21(18,19)11-10-20-13-5-3-2-4-12(13)15/h2-5,17H,6-11,15H2,1H3. The molecule has 3 N–H and O–H groups in total. The zero-order chi connectivity index (χ0) is 15.5. The Bertz CT molecular complexity index is 578. The smallest absolute Gasteiger partial charge is 0.214 e. The fourth-order valence-electron chi connectivity index (χ4n) is 2.24. The molecular formula is C14H22N2O3S2. The maximum absolute atomic E-state index is 12.3. The van der Waals surface area contributed by atoms with Gasteiger partial charge >= 0.3 is 0 Å². The van der Waals surface area contributed by atoms with Crippen LogP contribution in [0.3, 0.4) is 0 Å². The Morgan fingerprint density at radius 1 is 1.33 bits per heavy atom. The molecule has 5 nitrogen and oxygen atoms in total. The van der Waals surface area contributed by atoms with Gasteiger partial charge in [-0.1, -0.05) is 12.1 Å². The van der Waals surface area contributed by atoms with Gasteiger partial charge < -0.3 is 10.8 Å². The van der Waals surface area contributed by atoms with Crippen LogP contribution < -0.4 is 5.73 Å². The van der Waals surface area contributed by atoms with Gasteiger partial charge in [-0.25, -0.2) is 12.7 Å². The number of hydrogen-bond donors (Lipinski definition) is 2. The van der Waals surface area contributed by atoms with E-state index < -0.39 is 15.6 Å². The molecule has 0 amide bonds. The molecule has 1 aromatic rings. The Morgan fingerprint density at radius 2 is 1.95 bits per heavy atom. The molecule has 1 aliphatic heterocycles. The molecule has 0 radical (unpaired) electrons. The number of nitrogen functional groups attached to an aromatic ring is 1. The third-order valence-electron chi connectivity index (χ3n) is 3.71. The highest BCUT2D eigenvalue weighted by atomic mass is 32.2. The summed E-state index contributed by atoms with van der Waals surface area (Å²) in [4.78, 5) is 0.911. The Kier molecular flexibility index (Phi) is 5.19. The number of aliphatic hydroxyl groups is 1. The van der Waals surface area contributed by atoms with E-state index in [1.54, 1.807) is 6.92 Å². The molecule has 0 atom stereocenters. The first kappa shape index (κ1) is 16.6. The van der Waals surface area contributed by atoms with Crippen molar-refractivity contribution in [2.45, 2.75) is 30.3 Å². The number of sulfonamides is 1. The number of thioether (sulfide) groups is 1. The summed E-state index contributed by atoms with van der Waals surface area (Å²) in [7, 11) is -3.26. The van der Waals surface area contributed by atoms with E-state index in [1.807, 2.05) is 24.3 Å². The zero-order valence-electron chi connectivity index (χ0n) is 12.2. The van der Waals surface area contributed by atoms with Crippen LogP contribution in [0.25, 0.3) is 0 Å². The fraction of sp³-hybridized carbons (Fsp3) is 0.571. The first-order chi connectivity index (χ1) is 9.80. The molecule has 0 spiro atoms. The van der Waals surface area contributed by atoms with E-state index in [9.17, 15) is 13.5 Å². The van der Waals surface area contributed by atoms with E-state index in [2.05, 4.69) is 0 Å². The van der Waals surface area contributed by atoms with Crippen LogP contribution in [0.15, 0.2) is 29.2 Å². The summed E-state index contributed by atoms with van der Waals surface area (Å²) in [6.45, 7) is 2.55. The van der Waals surface area contributed by atoms with Crippen LogP contribution in [0, 0.1) is 0 Å². The number of nitrogens with zero attached hydrogens (tertiary/aromatic N) is 1. The Hall–Kier alpha value is -0.760. The molecule has 0 bridgehead atoms. The number of nitrogens with two attached hydrogens (primary N) is 1. The summed E-state index contributed by atoms with van der Waals surface area (Å²) >= 11 is 1.46. The van der Waals surface area contributed by atoms with Crippen molar-refractivity contribution >= 4 is 27.5 Å². The summed E-state index contributed by atoms with van der Waals surface area (Å²) in [5.74, 6) is 0.567. The number of hydrogen-bond acceptors (Lipinski definition) is 5. The van der Waals surface area contributed by atoms with Crippen molar-refractivity contribution in [3.8, 4) is 0 Å². The molecule has 118 valence electrons. The summed E-state index contributed by atoms with van der Waals surface area (Å²) in [5, 5.41) is 9.87. The van der Waals surface area contributed by atoms with Gasteiger partial charge in [0.1, 0.15) is 0 Å². The monoisotopic (exact) mass is 330 g/mol. The molecule has 1 aromatic carbocycles. The second-order valence-electron chi connectivity index (χ2n) is 5.60. The average Bonchev–Trinajstić information content (AvgIpc) is 2.40. The van der Waals surface area contributed by atoms with Gasteiger partial charge in [0.2, 0.25) is 10.0 Å². The predicted molar refractivity (Wildman–Crippen MR) is 86.8 cm³/mol. The summed E-state index contributed by atoms with van der Waals surface area (Å²) in [5.41, 5.74) is 5.77. The SMILES string of the molecule is CC1(O)CCN(S(=O)(=O)CCSc2ccccc2N)CC1. The summed E-state index contributed by atoms with van der Waals surface area (Å²) < 4.78 is 26.0. The van der Waals surface area contributed by atoms with Crippen molar-refractivity contribution < 1.29 is 13.5 Å². The highest BCUT2D eigenvalue weighted by molar-refractivity contribution is 8.00. The molecule has 1 aliphatic rings. The van der Waals surface area contributed by atoms with Gasteiger partial charge in [-0.15, -0.1) is 11.8 Å². The molecule has 1 saturated heterocycles. The molecule has 0 unspecified atom stereocenters. The van der Waals surface area contributed by atoms with E-state index >= 15 is 0 Å². The molecular weight excluding hydrogens is 308 g/mol. The summed E-state index contributed by atoms with van der Waals surface area (Å²) in [6, 6.07) is 7.45. The fourth-order valence-corrected chi connectivity index (χ4v) is 5.05. The van der Waals surface area contributed by atoms with Gasteiger partial charge in [-0.05, 0) is 31.9 Å². The van der Waals surface area contributed by atoms with Crippen molar-refractivity contribution in [2.24, 2.45) is 0 Å². The number of para-hydroxylation sites is 1. The molecule has 2 rings (SSSR count).